The van der Waals surface area contributed by atoms with Crippen LogP contribution in [0, 0.1) is 100 Å². The van der Waals surface area contributed by atoms with Crippen LogP contribution < -0.4 is 0 Å². The van der Waals surface area contributed by atoms with Gasteiger partial charge in [-0.15, -0.1) is 140 Å². The fourth-order valence-electron chi connectivity index (χ4n) is 10.9. The molecule has 0 aliphatic heterocycles. The smallest absolute Gasteiger partial charge is 0.155 e. The second kappa shape index (κ2) is 47.5. The van der Waals surface area contributed by atoms with Gasteiger partial charge < -0.3 is 20.4 Å². The average molecular weight is 2140 g/mol. The zero-order chi connectivity index (χ0) is 76.2. The second-order valence-corrected chi connectivity index (χ2v) is 25.6. The van der Waals surface area contributed by atoms with Gasteiger partial charge in [0.25, 0.3) is 0 Å². The SMILES string of the molecule is CC(=O)C=C(C)O.CC(=O)C=C(C)O.CC(=O)C=C(C)O.CC(=O)C=C(C)O.Cc1[c-]c(-c2cc(C)c3ccccc3n2)cc(C)c1.Cc1[c-]c(-c2ccc3cc(C)ccc3n2)cc(C)c1.Cc1[c-]c(-c2ccc3ccccc3n2)cc(C)c1.Cc1[c-]c(-c2nc3ccccc3cc2C)cc(C)c1.[Ir].[Ir].[Ir].[Ir]. The maximum Gasteiger partial charge on any atom is 0.155 e. The van der Waals surface area contributed by atoms with Crippen molar-refractivity contribution in [3.8, 4) is 45.0 Å². The molecule has 4 aromatic heterocycles. The van der Waals surface area contributed by atoms with Gasteiger partial charge in [-0.05, 0) is 151 Å². The summed E-state index contributed by atoms with van der Waals surface area (Å²) in [7, 11) is 0. The predicted molar refractivity (Wildman–Crippen MR) is 424 cm³/mol. The number of aromatic nitrogens is 4. The Morgan fingerprint density at radius 2 is 0.607 bits per heavy atom. The molecule has 16 heteroatoms. The Balaban J connectivity index is 0.000000632. The third-order valence-electron chi connectivity index (χ3n) is 14.6. The van der Waals surface area contributed by atoms with Crippen LogP contribution in [0.4, 0.5) is 0 Å². The monoisotopic (exact) mass is 2140 g/mol. The van der Waals surface area contributed by atoms with Crippen molar-refractivity contribution in [2.75, 3.05) is 0 Å². The normalized spacial score (nSPS) is 10.6. The Hall–Kier alpha value is -9.16. The second-order valence-electron chi connectivity index (χ2n) is 25.6. The summed E-state index contributed by atoms with van der Waals surface area (Å²) in [6.45, 7) is 34.5. The first-order chi connectivity index (χ1) is 48.6. The fourth-order valence-corrected chi connectivity index (χ4v) is 10.9. The van der Waals surface area contributed by atoms with E-state index >= 15 is 0 Å². The number of hydrogen-bond donors (Lipinski definition) is 4. The number of nitrogens with zero attached hydrogens (tertiary/aromatic N) is 4. The van der Waals surface area contributed by atoms with E-state index in [9.17, 15) is 19.2 Å². The molecule has 4 heterocycles. The minimum absolute atomic E-state index is 0. The van der Waals surface area contributed by atoms with Gasteiger partial charge in [0, 0.05) is 110 Å². The molecule has 0 atom stereocenters. The van der Waals surface area contributed by atoms with Gasteiger partial charge in [-0.3, -0.25) is 39.1 Å². The topological polar surface area (TPSA) is 201 Å². The van der Waals surface area contributed by atoms with Gasteiger partial charge in [0.05, 0.1) is 45.1 Å². The summed E-state index contributed by atoms with van der Waals surface area (Å²) in [5.41, 5.74) is 25.8. The van der Waals surface area contributed by atoms with Crippen molar-refractivity contribution in [1.29, 1.82) is 0 Å². The van der Waals surface area contributed by atoms with Gasteiger partial charge in [0.15, 0.2) is 23.1 Å². The first kappa shape index (κ1) is 95.8. The van der Waals surface area contributed by atoms with Crippen LogP contribution in [0.3, 0.4) is 0 Å². The summed E-state index contributed by atoms with van der Waals surface area (Å²) in [4.78, 5) is 59.1. The summed E-state index contributed by atoms with van der Waals surface area (Å²) >= 11 is 0. The van der Waals surface area contributed by atoms with Gasteiger partial charge in [0.1, 0.15) is 0 Å². The van der Waals surface area contributed by atoms with E-state index in [4.69, 9.17) is 40.4 Å². The van der Waals surface area contributed by atoms with E-state index in [1.165, 1.54) is 140 Å². The summed E-state index contributed by atoms with van der Waals surface area (Å²) in [6.07, 6.45) is 4.67. The Morgan fingerprint density at radius 3 is 1.00 bits per heavy atom. The van der Waals surface area contributed by atoms with Gasteiger partial charge in [-0.2, -0.15) is 0 Å². The Morgan fingerprint density at radius 1 is 0.290 bits per heavy atom. The van der Waals surface area contributed by atoms with Crippen molar-refractivity contribution < 1.29 is 120 Å². The van der Waals surface area contributed by atoms with Crippen molar-refractivity contribution in [1.82, 2.24) is 19.9 Å². The Kier molecular flexibility index (Phi) is 42.6. The van der Waals surface area contributed by atoms with E-state index in [-0.39, 0.29) is 127 Å². The molecule has 12 aromatic rings. The first-order valence-corrected chi connectivity index (χ1v) is 33.6. The molecule has 0 aliphatic rings. The summed E-state index contributed by atoms with van der Waals surface area (Å²) in [6, 6.07) is 74.4. The van der Waals surface area contributed by atoms with E-state index in [1.807, 2.05) is 36.4 Å². The molecule has 0 aliphatic carbocycles. The number of carbonyl (C=O) groups excluding carboxylic acids is 4. The number of rotatable bonds is 8. The Labute approximate surface area is 686 Å². The number of allylic oxidation sites excluding steroid dienone is 8. The molecule has 0 saturated heterocycles. The van der Waals surface area contributed by atoms with Crippen molar-refractivity contribution >= 4 is 66.7 Å². The van der Waals surface area contributed by atoms with E-state index < -0.39 is 0 Å². The molecule has 0 saturated carbocycles. The van der Waals surface area contributed by atoms with Crippen LogP contribution >= 0.6 is 0 Å². The molecule has 12 rings (SSSR count). The number of para-hydroxylation sites is 3. The van der Waals surface area contributed by atoms with E-state index in [0.29, 0.717) is 0 Å². The van der Waals surface area contributed by atoms with E-state index in [2.05, 4.69) is 240 Å². The van der Waals surface area contributed by atoms with Crippen molar-refractivity contribution in [3.63, 3.8) is 0 Å². The molecule has 566 valence electrons. The number of benzene rings is 8. The van der Waals surface area contributed by atoms with Crippen LogP contribution in [0.2, 0.25) is 0 Å². The summed E-state index contributed by atoms with van der Waals surface area (Å²) < 4.78 is 0. The van der Waals surface area contributed by atoms with Gasteiger partial charge in [-0.1, -0.05) is 164 Å². The molecule has 12 nitrogen and oxygen atoms in total. The fraction of sp³-hybridized carbons (Fsp3) is 0.209. The first-order valence-electron chi connectivity index (χ1n) is 33.6. The molecule has 4 radical (unpaired) electrons. The van der Waals surface area contributed by atoms with Gasteiger partial charge in [-0.25, -0.2) is 0 Å². The molecule has 107 heavy (non-hydrogen) atoms. The Bertz CT molecular complexity index is 4930. The molecular weight excluding hydrogens is 2050 g/mol. The largest absolute Gasteiger partial charge is 0.512 e. The molecule has 8 aromatic carbocycles. The minimum Gasteiger partial charge on any atom is -0.512 e. The van der Waals surface area contributed by atoms with Crippen LogP contribution in [0.15, 0.2) is 223 Å². The van der Waals surface area contributed by atoms with Crippen molar-refractivity contribution in [2.45, 2.75) is 132 Å². The number of ketones is 4. The third kappa shape index (κ3) is 34.5. The predicted octanol–water partition coefficient (Wildman–Crippen LogP) is 22.3. The van der Waals surface area contributed by atoms with Crippen LogP contribution in [0.25, 0.3) is 88.6 Å². The number of pyridine rings is 4. The number of carbonyl (C=O) groups is 4. The molecular formula is C91H94Ir4N4O8-4. The van der Waals surface area contributed by atoms with Crippen LogP contribution in [-0.4, -0.2) is 63.5 Å². The number of hydrogen-bond acceptors (Lipinski definition) is 12. The van der Waals surface area contributed by atoms with Gasteiger partial charge >= 0.3 is 0 Å². The molecule has 0 bridgehead atoms. The number of fused-ring (bicyclic) bond motifs is 4. The minimum atomic E-state index is -0.125. The van der Waals surface area contributed by atoms with Crippen molar-refractivity contribution in [3.05, 3.63) is 309 Å². The van der Waals surface area contributed by atoms with Crippen LogP contribution in [0.1, 0.15) is 117 Å². The summed E-state index contributed by atoms with van der Waals surface area (Å²) in [5, 5.41) is 38.2. The number of aryl methyl sites for hydroxylation is 11. The standard InChI is InChI=1S/3C18H16N.C17H14N.4C5H8O2.4Ir/c1-12-4-6-17-15(9-12)5-7-18(19-17)16-10-13(2)8-14(3)11-16;1-12-8-13(2)10-15(9-12)18-11-14(3)16-6-4-5-7-17(16)19-18;1-12-8-13(2)10-16(9-12)18-14(3)11-15-6-4-5-7-17(15)19-18;1-12-9-13(2)11-15(10-12)17-8-7-14-5-3-4-6-16(14)18-17;4*1-4(6)3-5(2)7;;;;/h4-10H,1-3H3;2*4-9,11H,1-3H3;3-10H,1-2H3;4*3,6H,1-2H3;;;;/q4*-1;;;;;;;;. The quantitative estimate of drug-likeness (QED) is 0.0638. The van der Waals surface area contributed by atoms with E-state index in [1.54, 1.807) is 0 Å². The maximum absolute atomic E-state index is 10.0. The molecule has 0 unspecified atom stereocenters. The zero-order valence-corrected chi connectivity index (χ0v) is 73.7. The third-order valence-corrected chi connectivity index (χ3v) is 14.6. The molecule has 0 fully saturated rings. The number of aliphatic hydroxyl groups is 4. The number of aliphatic hydroxyl groups excluding tert-OH is 4. The molecule has 0 amide bonds. The maximum atomic E-state index is 10.0. The van der Waals surface area contributed by atoms with Crippen molar-refractivity contribution in [2.24, 2.45) is 0 Å². The van der Waals surface area contributed by atoms with Crippen LogP contribution in [0.5, 0.6) is 0 Å². The zero-order valence-electron chi connectivity index (χ0n) is 64.1. The molecule has 0 spiro atoms. The van der Waals surface area contributed by atoms with Gasteiger partial charge in [0.2, 0.25) is 0 Å². The summed E-state index contributed by atoms with van der Waals surface area (Å²) in [5.74, 6) is -0.250. The average Bonchev–Trinajstić information content (AvgIpc) is 0.800. The van der Waals surface area contributed by atoms with Crippen LogP contribution in [-0.2, 0) is 99.6 Å². The molecule has 4 N–H and O–H groups in total. The van der Waals surface area contributed by atoms with E-state index in [0.717, 1.165) is 89.4 Å².